The molecule has 0 spiro atoms. The lowest BCUT2D eigenvalue weighted by molar-refractivity contribution is -0.384. The van der Waals surface area contributed by atoms with Gasteiger partial charge in [0.15, 0.2) is 0 Å². The number of hydrogen-bond acceptors (Lipinski definition) is 6. The fourth-order valence-corrected chi connectivity index (χ4v) is 3.15. The quantitative estimate of drug-likeness (QED) is 0.549. The maximum Gasteiger partial charge on any atom is 0.270 e. The van der Waals surface area contributed by atoms with Crippen LogP contribution >= 0.6 is 0 Å². The van der Waals surface area contributed by atoms with Crippen molar-refractivity contribution in [1.82, 2.24) is 10.2 Å². The van der Waals surface area contributed by atoms with Crippen molar-refractivity contribution in [2.24, 2.45) is 0 Å². The Balaban J connectivity index is 1.50. The fraction of sp³-hybridized carbons (Fsp3) is 0.333. The summed E-state index contributed by atoms with van der Waals surface area (Å²) >= 11 is 0. The Morgan fingerprint density at radius 3 is 2.53 bits per heavy atom. The molecule has 0 atom stereocenters. The summed E-state index contributed by atoms with van der Waals surface area (Å²) in [6.07, 6.45) is 0. The number of nitro groups is 1. The van der Waals surface area contributed by atoms with Crippen molar-refractivity contribution in [3.8, 4) is 0 Å². The lowest BCUT2D eigenvalue weighted by Crippen LogP contribution is -2.38. The second-order valence-electron chi connectivity index (χ2n) is 7.01. The van der Waals surface area contributed by atoms with Crippen LogP contribution < -0.4 is 10.2 Å². The highest BCUT2D eigenvalue weighted by atomic mass is 16.6. The van der Waals surface area contributed by atoms with Gasteiger partial charge in [0.2, 0.25) is 5.91 Å². The van der Waals surface area contributed by atoms with Gasteiger partial charge >= 0.3 is 0 Å². The van der Waals surface area contributed by atoms with Crippen LogP contribution in [0.2, 0.25) is 0 Å². The van der Waals surface area contributed by atoms with Crippen LogP contribution in [0.5, 0.6) is 0 Å². The molecule has 158 valence electrons. The van der Waals surface area contributed by atoms with Crippen molar-refractivity contribution in [2.75, 3.05) is 44.8 Å². The average Bonchev–Trinajstić information content (AvgIpc) is 2.78. The van der Waals surface area contributed by atoms with Gasteiger partial charge in [0.25, 0.3) is 11.6 Å². The predicted molar refractivity (Wildman–Crippen MR) is 111 cm³/mol. The highest BCUT2D eigenvalue weighted by Crippen LogP contribution is 2.17. The first-order valence-electron chi connectivity index (χ1n) is 9.62. The minimum Gasteiger partial charge on any atom is -0.378 e. The first-order valence-corrected chi connectivity index (χ1v) is 9.62. The van der Waals surface area contributed by atoms with E-state index in [9.17, 15) is 19.7 Å². The van der Waals surface area contributed by atoms with Gasteiger partial charge in [-0.15, -0.1) is 0 Å². The van der Waals surface area contributed by atoms with Crippen molar-refractivity contribution >= 4 is 23.2 Å². The molecular weight excluding hydrogens is 388 g/mol. The van der Waals surface area contributed by atoms with Crippen LogP contribution in [0.4, 0.5) is 11.4 Å². The summed E-state index contributed by atoms with van der Waals surface area (Å²) in [5, 5.41) is 13.3. The van der Waals surface area contributed by atoms with Gasteiger partial charge in [0.1, 0.15) is 0 Å². The number of benzene rings is 2. The Morgan fingerprint density at radius 2 is 1.87 bits per heavy atom. The maximum absolute atomic E-state index is 12.4. The number of nitro benzene ring substituents is 1. The number of morpholine rings is 1. The number of nitrogens with one attached hydrogen (secondary N) is 1. The summed E-state index contributed by atoms with van der Waals surface area (Å²) in [5.74, 6) is -0.790. The molecule has 1 fully saturated rings. The Hall–Kier alpha value is -3.46. The van der Waals surface area contributed by atoms with Crippen LogP contribution in [0, 0.1) is 10.1 Å². The Labute approximate surface area is 174 Å². The SMILES string of the molecule is CN(Cc1ccc(N2CCOCC2)cc1)C(=O)CNC(=O)c1cccc([N+](=O)[O-])c1. The van der Waals surface area contributed by atoms with Crippen molar-refractivity contribution in [2.45, 2.75) is 6.54 Å². The van der Waals surface area contributed by atoms with Crippen LogP contribution in [-0.4, -0.2) is 61.5 Å². The van der Waals surface area contributed by atoms with E-state index in [0.717, 1.165) is 37.6 Å². The average molecular weight is 412 g/mol. The minimum atomic E-state index is -0.569. The molecule has 30 heavy (non-hydrogen) atoms. The van der Waals surface area contributed by atoms with E-state index in [2.05, 4.69) is 10.2 Å². The zero-order chi connectivity index (χ0) is 21.5. The van der Waals surface area contributed by atoms with Crippen LogP contribution in [0.1, 0.15) is 15.9 Å². The zero-order valence-corrected chi connectivity index (χ0v) is 16.7. The molecule has 2 aromatic carbocycles. The summed E-state index contributed by atoms with van der Waals surface area (Å²) in [4.78, 5) is 38.6. The third kappa shape index (κ3) is 5.54. The molecule has 2 amide bonds. The van der Waals surface area contributed by atoms with Gasteiger partial charge in [-0.1, -0.05) is 18.2 Å². The monoisotopic (exact) mass is 412 g/mol. The van der Waals surface area contributed by atoms with E-state index in [-0.39, 0.29) is 23.7 Å². The molecule has 2 aromatic rings. The standard InChI is InChI=1S/C21H24N4O5/c1-23(15-16-5-7-18(8-6-16)24-9-11-30-12-10-24)20(26)14-22-21(27)17-3-2-4-19(13-17)25(28)29/h2-8,13H,9-12,14-15H2,1H3,(H,22,27). The number of carbonyl (C=O) groups is 2. The molecule has 0 radical (unpaired) electrons. The third-order valence-electron chi connectivity index (χ3n) is 4.88. The molecule has 9 nitrogen and oxygen atoms in total. The largest absolute Gasteiger partial charge is 0.378 e. The van der Waals surface area contributed by atoms with Gasteiger partial charge in [-0.25, -0.2) is 0 Å². The molecule has 0 aliphatic carbocycles. The van der Waals surface area contributed by atoms with Crippen LogP contribution in [0.25, 0.3) is 0 Å². The van der Waals surface area contributed by atoms with E-state index in [1.807, 2.05) is 24.3 Å². The highest BCUT2D eigenvalue weighted by Gasteiger charge is 2.15. The van der Waals surface area contributed by atoms with E-state index >= 15 is 0 Å². The molecule has 0 aromatic heterocycles. The molecule has 1 aliphatic rings. The van der Waals surface area contributed by atoms with Crippen molar-refractivity contribution in [1.29, 1.82) is 0 Å². The molecule has 1 N–H and O–H groups in total. The van der Waals surface area contributed by atoms with Gasteiger partial charge in [0.05, 0.1) is 24.7 Å². The second kappa shape index (κ2) is 9.84. The van der Waals surface area contributed by atoms with E-state index in [0.29, 0.717) is 6.54 Å². The number of nitrogens with zero attached hydrogens (tertiary/aromatic N) is 3. The van der Waals surface area contributed by atoms with Crippen LogP contribution in [-0.2, 0) is 16.1 Å². The van der Waals surface area contributed by atoms with E-state index < -0.39 is 10.8 Å². The molecule has 3 rings (SSSR count). The van der Waals surface area contributed by atoms with E-state index in [1.165, 1.54) is 29.2 Å². The molecule has 1 aliphatic heterocycles. The number of hydrogen-bond donors (Lipinski definition) is 1. The number of carbonyl (C=O) groups excluding carboxylic acids is 2. The minimum absolute atomic E-state index is 0.137. The molecule has 0 unspecified atom stereocenters. The van der Waals surface area contributed by atoms with Gasteiger partial charge in [-0.3, -0.25) is 19.7 Å². The molecule has 9 heteroatoms. The van der Waals surface area contributed by atoms with E-state index in [1.54, 1.807) is 7.05 Å². The van der Waals surface area contributed by atoms with Crippen molar-refractivity contribution in [3.63, 3.8) is 0 Å². The predicted octanol–water partition coefficient (Wildman–Crippen LogP) is 1.82. The molecule has 1 heterocycles. The number of anilines is 1. The van der Waals surface area contributed by atoms with Gasteiger partial charge in [-0.05, 0) is 23.8 Å². The van der Waals surface area contributed by atoms with Crippen LogP contribution in [0.3, 0.4) is 0 Å². The molecule has 0 saturated carbocycles. The number of non-ortho nitro benzene ring substituents is 1. The number of ether oxygens (including phenoxy) is 1. The molecule has 0 bridgehead atoms. The first-order chi connectivity index (χ1) is 14.4. The normalized spacial score (nSPS) is 13.6. The van der Waals surface area contributed by atoms with E-state index in [4.69, 9.17) is 4.74 Å². The Kier molecular flexibility index (Phi) is 6.97. The summed E-state index contributed by atoms with van der Waals surface area (Å²) in [6, 6.07) is 13.4. The number of amides is 2. The molecular formula is C21H24N4O5. The zero-order valence-electron chi connectivity index (χ0n) is 16.7. The summed E-state index contributed by atoms with van der Waals surface area (Å²) in [7, 11) is 1.66. The smallest absolute Gasteiger partial charge is 0.270 e. The van der Waals surface area contributed by atoms with Gasteiger partial charge < -0.3 is 19.9 Å². The lowest BCUT2D eigenvalue weighted by atomic mass is 10.1. The van der Waals surface area contributed by atoms with Crippen molar-refractivity contribution in [3.05, 3.63) is 69.8 Å². The topological polar surface area (TPSA) is 105 Å². The summed E-state index contributed by atoms with van der Waals surface area (Å²) < 4.78 is 5.36. The fourth-order valence-electron chi connectivity index (χ4n) is 3.15. The number of likely N-dealkylation sites (N-methyl/N-ethyl adjacent to an activating group) is 1. The van der Waals surface area contributed by atoms with Gasteiger partial charge in [0, 0.05) is 50.1 Å². The second-order valence-corrected chi connectivity index (χ2v) is 7.01. The van der Waals surface area contributed by atoms with Crippen LogP contribution in [0.15, 0.2) is 48.5 Å². The summed E-state index contributed by atoms with van der Waals surface area (Å²) in [6.45, 7) is 3.39. The first kappa shape index (κ1) is 21.3. The Morgan fingerprint density at radius 1 is 1.17 bits per heavy atom. The highest BCUT2D eigenvalue weighted by molar-refractivity contribution is 5.96. The lowest BCUT2D eigenvalue weighted by Gasteiger charge is -2.29. The number of rotatable bonds is 7. The Bertz CT molecular complexity index is 910. The third-order valence-corrected chi connectivity index (χ3v) is 4.88. The van der Waals surface area contributed by atoms with Gasteiger partial charge in [-0.2, -0.15) is 0 Å². The molecule has 1 saturated heterocycles. The maximum atomic E-state index is 12.4. The summed E-state index contributed by atoms with van der Waals surface area (Å²) in [5.41, 5.74) is 2.07. The van der Waals surface area contributed by atoms with Crippen molar-refractivity contribution < 1.29 is 19.2 Å².